The lowest BCUT2D eigenvalue weighted by Crippen LogP contribution is -2.43. The van der Waals surface area contributed by atoms with E-state index in [1.165, 1.54) is 19.4 Å². The maximum absolute atomic E-state index is 5.33. The molecule has 23 heavy (non-hydrogen) atoms. The van der Waals surface area contributed by atoms with E-state index in [2.05, 4.69) is 27.6 Å². The zero-order valence-electron chi connectivity index (χ0n) is 14.6. The number of guanidine groups is 1. The number of aliphatic imine (C=N–C) groups is 1. The van der Waals surface area contributed by atoms with Crippen molar-refractivity contribution in [2.75, 3.05) is 41.4 Å². The SMILES string of the molecule is CN=C(NCc1ccc(OC)c(OC)c1)NCC1CCCN1C. The first-order valence-corrected chi connectivity index (χ1v) is 8.03. The van der Waals surface area contributed by atoms with Crippen molar-refractivity contribution in [3.8, 4) is 11.5 Å². The molecule has 0 saturated carbocycles. The zero-order valence-corrected chi connectivity index (χ0v) is 14.6. The Labute approximate surface area is 138 Å². The Morgan fingerprint density at radius 1 is 1.26 bits per heavy atom. The van der Waals surface area contributed by atoms with E-state index in [0.29, 0.717) is 12.6 Å². The molecule has 1 aliphatic rings. The molecule has 0 aromatic heterocycles. The molecule has 0 aliphatic carbocycles. The Kier molecular flexibility index (Phi) is 6.52. The van der Waals surface area contributed by atoms with Crippen molar-refractivity contribution < 1.29 is 9.47 Å². The van der Waals surface area contributed by atoms with Gasteiger partial charge in [0.15, 0.2) is 17.5 Å². The van der Waals surface area contributed by atoms with Crippen LogP contribution in [-0.4, -0.2) is 58.3 Å². The average molecular weight is 320 g/mol. The van der Waals surface area contributed by atoms with Crippen LogP contribution in [0.3, 0.4) is 0 Å². The highest BCUT2D eigenvalue weighted by Gasteiger charge is 2.20. The van der Waals surface area contributed by atoms with E-state index in [1.54, 1.807) is 21.3 Å². The molecule has 1 aromatic carbocycles. The Morgan fingerprint density at radius 2 is 2.04 bits per heavy atom. The summed E-state index contributed by atoms with van der Waals surface area (Å²) < 4.78 is 10.6. The van der Waals surface area contributed by atoms with Crippen LogP contribution in [0.2, 0.25) is 0 Å². The van der Waals surface area contributed by atoms with Gasteiger partial charge in [0.25, 0.3) is 0 Å². The fraction of sp³-hybridized carbons (Fsp3) is 0.588. The molecule has 1 heterocycles. The summed E-state index contributed by atoms with van der Waals surface area (Å²) in [5, 5.41) is 6.74. The second-order valence-corrected chi connectivity index (χ2v) is 5.77. The first kappa shape index (κ1) is 17.4. The minimum Gasteiger partial charge on any atom is -0.493 e. The van der Waals surface area contributed by atoms with Crippen LogP contribution in [0.15, 0.2) is 23.2 Å². The molecule has 2 rings (SSSR count). The van der Waals surface area contributed by atoms with Gasteiger partial charge in [0, 0.05) is 26.2 Å². The molecule has 0 bridgehead atoms. The number of rotatable bonds is 6. The summed E-state index contributed by atoms with van der Waals surface area (Å²) in [5.74, 6) is 2.30. The van der Waals surface area contributed by atoms with Crippen LogP contribution >= 0.6 is 0 Å². The Balaban J connectivity index is 1.85. The van der Waals surface area contributed by atoms with Crippen molar-refractivity contribution in [1.82, 2.24) is 15.5 Å². The summed E-state index contributed by atoms with van der Waals surface area (Å²) in [6, 6.07) is 6.50. The van der Waals surface area contributed by atoms with Gasteiger partial charge in [0.05, 0.1) is 14.2 Å². The lowest BCUT2D eigenvalue weighted by molar-refractivity contribution is 0.309. The lowest BCUT2D eigenvalue weighted by atomic mass is 10.2. The molecule has 1 saturated heterocycles. The van der Waals surface area contributed by atoms with Crippen LogP contribution in [0.4, 0.5) is 0 Å². The van der Waals surface area contributed by atoms with Gasteiger partial charge >= 0.3 is 0 Å². The normalized spacial score (nSPS) is 18.8. The molecule has 0 spiro atoms. The van der Waals surface area contributed by atoms with Gasteiger partial charge in [-0.2, -0.15) is 0 Å². The number of hydrogen-bond donors (Lipinski definition) is 2. The summed E-state index contributed by atoms with van der Waals surface area (Å²) >= 11 is 0. The lowest BCUT2D eigenvalue weighted by Gasteiger charge is -2.21. The predicted octanol–water partition coefficient (Wildman–Crippen LogP) is 1.46. The van der Waals surface area contributed by atoms with Crippen molar-refractivity contribution >= 4 is 5.96 Å². The Hall–Kier alpha value is -1.95. The second kappa shape index (κ2) is 8.62. The monoisotopic (exact) mass is 320 g/mol. The highest BCUT2D eigenvalue weighted by molar-refractivity contribution is 5.79. The van der Waals surface area contributed by atoms with Gasteiger partial charge in [-0.25, -0.2) is 0 Å². The van der Waals surface area contributed by atoms with Crippen molar-refractivity contribution in [3.63, 3.8) is 0 Å². The van der Waals surface area contributed by atoms with Crippen molar-refractivity contribution in [3.05, 3.63) is 23.8 Å². The molecule has 1 unspecified atom stereocenters. The fourth-order valence-corrected chi connectivity index (χ4v) is 2.85. The van der Waals surface area contributed by atoms with Crippen molar-refractivity contribution in [2.45, 2.75) is 25.4 Å². The van der Waals surface area contributed by atoms with E-state index in [-0.39, 0.29) is 0 Å². The minimum absolute atomic E-state index is 0.592. The molecule has 0 amide bonds. The molecule has 6 heteroatoms. The van der Waals surface area contributed by atoms with Gasteiger partial charge in [-0.05, 0) is 44.1 Å². The highest BCUT2D eigenvalue weighted by Crippen LogP contribution is 2.27. The van der Waals surface area contributed by atoms with Crippen molar-refractivity contribution in [2.24, 2.45) is 4.99 Å². The number of likely N-dealkylation sites (N-methyl/N-ethyl adjacent to an activating group) is 1. The van der Waals surface area contributed by atoms with Gasteiger partial charge in [-0.1, -0.05) is 6.07 Å². The number of methoxy groups -OCH3 is 2. The smallest absolute Gasteiger partial charge is 0.191 e. The summed E-state index contributed by atoms with van der Waals surface area (Å²) in [4.78, 5) is 6.68. The molecule has 128 valence electrons. The van der Waals surface area contributed by atoms with Crippen molar-refractivity contribution in [1.29, 1.82) is 0 Å². The van der Waals surface area contributed by atoms with E-state index in [9.17, 15) is 0 Å². The van der Waals surface area contributed by atoms with E-state index in [0.717, 1.165) is 29.6 Å². The van der Waals surface area contributed by atoms with Crippen LogP contribution in [0, 0.1) is 0 Å². The highest BCUT2D eigenvalue weighted by atomic mass is 16.5. The third-order valence-corrected chi connectivity index (χ3v) is 4.31. The first-order valence-electron chi connectivity index (χ1n) is 8.03. The van der Waals surface area contributed by atoms with E-state index in [4.69, 9.17) is 9.47 Å². The molecular weight excluding hydrogens is 292 g/mol. The third kappa shape index (κ3) is 4.76. The van der Waals surface area contributed by atoms with Gasteiger partial charge in [0.1, 0.15) is 0 Å². The number of nitrogens with zero attached hydrogens (tertiary/aromatic N) is 2. The van der Waals surface area contributed by atoms with E-state index < -0.39 is 0 Å². The van der Waals surface area contributed by atoms with Gasteiger partial charge in [0.2, 0.25) is 0 Å². The van der Waals surface area contributed by atoms with Gasteiger partial charge in [-0.3, -0.25) is 4.99 Å². The number of likely N-dealkylation sites (tertiary alicyclic amines) is 1. The largest absolute Gasteiger partial charge is 0.493 e. The molecule has 2 N–H and O–H groups in total. The maximum atomic E-state index is 5.33. The summed E-state index contributed by atoms with van der Waals surface area (Å²) in [6.07, 6.45) is 2.52. The standard InChI is InChI=1S/C17H28N4O2/c1-18-17(20-12-14-6-5-9-21(14)2)19-11-13-7-8-15(22-3)16(10-13)23-4/h7-8,10,14H,5-6,9,11-12H2,1-4H3,(H2,18,19,20). The molecule has 1 aromatic rings. The van der Waals surface area contributed by atoms with E-state index in [1.807, 2.05) is 18.2 Å². The van der Waals surface area contributed by atoms with Crippen LogP contribution in [0.25, 0.3) is 0 Å². The molecule has 1 atom stereocenters. The number of ether oxygens (including phenoxy) is 2. The van der Waals surface area contributed by atoms with Crippen LogP contribution < -0.4 is 20.1 Å². The topological polar surface area (TPSA) is 58.1 Å². The molecular formula is C17H28N4O2. The third-order valence-electron chi connectivity index (χ3n) is 4.31. The van der Waals surface area contributed by atoms with Crippen LogP contribution in [-0.2, 0) is 6.54 Å². The summed E-state index contributed by atoms with van der Waals surface area (Å²) in [7, 11) is 7.26. The van der Waals surface area contributed by atoms with Crippen LogP contribution in [0.5, 0.6) is 11.5 Å². The first-order chi connectivity index (χ1) is 11.2. The molecule has 6 nitrogen and oxygen atoms in total. The zero-order chi connectivity index (χ0) is 16.7. The minimum atomic E-state index is 0.592. The number of hydrogen-bond acceptors (Lipinski definition) is 4. The fourth-order valence-electron chi connectivity index (χ4n) is 2.85. The predicted molar refractivity (Wildman–Crippen MR) is 93.4 cm³/mol. The Bertz CT molecular complexity index is 533. The van der Waals surface area contributed by atoms with Crippen LogP contribution in [0.1, 0.15) is 18.4 Å². The average Bonchev–Trinajstić information content (AvgIpc) is 2.99. The second-order valence-electron chi connectivity index (χ2n) is 5.77. The molecule has 1 fully saturated rings. The number of nitrogens with one attached hydrogen (secondary N) is 2. The number of benzene rings is 1. The van der Waals surface area contributed by atoms with Gasteiger partial charge in [-0.15, -0.1) is 0 Å². The summed E-state index contributed by atoms with van der Waals surface area (Å²) in [6.45, 7) is 2.78. The quantitative estimate of drug-likeness (QED) is 0.614. The van der Waals surface area contributed by atoms with Gasteiger partial charge < -0.3 is 25.0 Å². The van der Waals surface area contributed by atoms with E-state index >= 15 is 0 Å². The molecule has 1 aliphatic heterocycles. The summed E-state index contributed by atoms with van der Waals surface area (Å²) in [5.41, 5.74) is 1.11. The maximum Gasteiger partial charge on any atom is 0.191 e. The molecule has 0 radical (unpaired) electrons. The Morgan fingerprint density at radius 3 is 2.65 bits per heavy atom.